The maximum atomic E-state index is 12.6. The van der Waals surface area contributed by atoms with E-state index in [2.05, 4.69) is 16.6 Å². The van der Waals surface area contributed by atoms with E-state index >= 15 is 0 Å². The molecular weight excluding hydrogens is 355 g/mol. The summed E-state index contributed by atoms with van der Waals surface area (Å²) < 4.78 is 69.5. The smallest absolute Gasteiger partial charge is 0.416 e. The average Bonchev–Trinajstić information content (AvgIpc) is 2.58. The van der Waals surface area contributed by atoms with Gasteiger partial charge in [0.2, 0.25) is 10.0 Å². The van der Waals surface area contributed by atoms with Gasteiger partial charge in [0, 0.05) is 5.56 Å². The summed E-state index contributed by atoms with van der Waals surface area (Å²) in [4.78, 5) is -0.0432. The van der Waals surface area contributed by atoms with E-state index < -0.39 is 21.8 Å². The Morgan fingerprint density at radius 2 is 1.84 bits per heavy atom. The van der Waals surface area contributed by atoms with Gasteiger partial charge in [0.25, 0.3) is 0 Å². The van der Waals surface area contributed by atoms with Crippen LogP contribution in [0.2, 0.25) is 0 Å². The molecule has 0 saturated carbocycles. The third-order valence-electron chi connectivity index (χ3n) is 3.13. The number of halogens is 3. The number of para-hydroxylation sites is 1. The molecule has 0 bridgehead atoms. The minimum absolute atomic E-state index is 0.0432. The highest BCUT2D eigenvalue weighted by Gasteiger charge is 2.30. The molecule has 0 atom stereocenters. The van der Waals surface area contributed by atoms with Gasteiger partial charge in [-0.15, -0.1) is 0 Å². The fourth-order valence-electron chi connectivity index (χ4n) is 1.97. The lowest BCUT2D eigenvalue weighted by atomic mass is 10.1. The molecule has 0 spiro atoms. The Bertz CT molecular complexity index is 912. The number of hydrogen-bond donors (Lipinski definition) is 1. The summed E-state index contributed by atoms with van der Waals surface area (Å²) in [5.74, 6) is 5.18. The van der Waals surface area contributed by atoms with E-state index in [1.54, 1.807) is 12.1 Å². The van der Waals surface area contributed by atoms with Crippen LogP contribution < -0.4 is 9.46 Å². The van der Waals surface area contributed by atoms with Gasteiger partial charge in [-0.2, -0.15) is 17.9 Å². The first-order chi connectivity index (χ1) is 11.7. The second-order valence-corrected chi connectivity index (χ2v) is 6.59. The lowest BCUT2D eigenvalue weighted by molar-refractivity contribution is -0.137. The van der Waals surface area contributed by atoms with Crippen molar-refractivity contribution in [3.63, 3.8) is 0 Å². The highest BCUT2D eigenvalue weighted by Crippen LogP contribution is 2.29. The molecular formula is C17H14F3NO3S. The van der Waals surface area contributed by atoms with Gasteiger partial charge in [-0.3, -0.25) is 0 Å². The first-order valence-corrected chi connectivity index (χ1v) is 8.51. The molecule has 0 saturated heterocycles. The van der Waals surface area contributed by atoms with E-state index in [0.29, 0.717) is 0 Å². The third-order valence-corrected chi connectivity index (χ3v) is 4.57. The highest BCUT2D eigenvalue weighted by molar-refractivity contribution is 7.89. The number of rotatable bonds is 4. The Morgan fingerprint density at radius 1 is 1.12 bits per heavy atom. The van der Waals surface area contributed by atoms with Crippen LogP contribution in [0.3, 0.4) is 0 Å². The minimum Gasteiger partial charge on any atom is -0.495 e. The molecule has 0 aliphatic carbocycles. The first-order valence-electron chi connectivity index (χ1n) is 7.03. The lowest BCUT2D eigenvalue weighted by Crippen LogP contribution is -2.24. The van der Waals surface area contributed by atoms with Crippen molar-refractivity contribution < 1.29 is 26.3 Å². The van der Waals surface area contributed by atoms with Crippen molar-refractivity contribution in [1.29, 1.82) is 0 Å². The molecule has 0 unspecified atom stereocenters. The summed E-state index contributed by atoms with van der Waals surface area (Å²) >= 11 is 0. The Balaban J connectivity index is 2.10. The maximum absolute atomic E-state index is 12.6. The maximum Gasteiger partial charge on any atom is 0.416 e. The second-order valence-electron chi connectivity index (χ2n) is 4.86. The molecule has 0 heterocycles. The van der Waals surface area contributed by atoms with Gasteiger partial charge in [0.1, 0.15) is 10.6 Å². The second kappa shape index (κ2) is 7.59. The van der Waals surface area contributed by atoms with E-state index in [1.165, 1.54) is 31.4 Å². The van der Waals surface area contributed by atoms with Crippen LogP contribution in [0.1, 0.15) is 11.1 Å². The molecule has 0 aromatic heterocycles. The monoisotopic (exact) mass is 369 g/mol. The van der Waals surface area contributed by atoms with Crippen LogP contribution in [0, 0.1) is 11.8 Å². The van der Waals surface area contributed by atoms with Gasteiger partial charge in [-0.05, 0) is 30.3 Å². The molecule has 0 aliphatic rings. The van der Waals surface area contributed by atoms with Gasteiger partial charge in [0.05, 0.1) is 19.2 Å². The Hall–Kier alpha value is -2.50. The third kappa shape index (κ3) is 4.98. The van der Waals surface area contributed by atoms with E-state index in [0.717, 1.165) is 12.1 Å². The van der Waals surface area contributed by atoms with E-state index in [9.17, 15) is 21.6 Å². The zero-order chi connectivity index (χ0) is 18.5. The van der Waals surface area contributed by atoms with Crippen LogP contribution >= 0.6 is 0 Å². The van der Waals surface area contributed by atoms with Crippen LogP contribution in [0.4, 0.5) is 13.2 Å². The number of hydrogen-bond acceptors (Lipinski definition) is 3. The van der Waals surface area contributed by atoms with Crippen molar-refractivity contribution in [3.05, 3.63) is 59.7 Å². The summed E-state index contributed by atoms with van der Waals surface area (Å²) in [5, 5.41) is 0. The molecule has 0 aliphatic heterocycles. The first kappa shape index (κ1) is 18.8. The van der Waals surface area contributed by atoms with Crippen molar-refractivity contribution in [2.45, 2.75) is 11.1 Å². The van der Waals surface area contributed by atoms with Crippen molar-refractivity contribution in [2.75, 3.05) is 13.7 Å². The predicted octanol–water partition coefficient (Wildman–Crippen LogP) is 3.04. The number of benzene rings is 2. The van der Waals surface area contributed by atoms with Crippen LogP contribution in [-0.4, -0.2) is 22.1 Å². The molecule has 4 nitrogen and oxygen atoms in total. The van der Waals surface area contributed by atoms with Gasteiger partial charge in [0.15, 0.2) is 0 Å². The average molecular weight is 369 g/mol. The molecule has 1 N–H and O–H groups in total. The fraction of sp³-hybridized carbons (Fsp3) is 0.176. The van der Waals surface area contributed by atoms with Gasteiger partial charge >= 0.3 is 6.18 Å². The van der Waals surface area contributed by atoms with Crippen LogP contribution in [-0.2, 0) is 16.2 Å². The molecule has 25 heavy (non-hydrogen) atoms. The molecule has 8 heteroatoms. The number of alkyl halides is 3. The normalized spacial score (nSPS) is 11.5. The Labute approximate surface area is 143 Å². The van der Waals surface area contributed by atoms with Gasteiger partial charge in [-0.1, -0.05) is 30.0 Å². The SMILES string of the molecule is COc1ccccc1S(=O)(=O)NCC#Cc1cccc(C(F)(F)F)c1. The summed E-state index contributed by atoms with van der Waals surface area (Å²) in [6.45, 7) is -0.253. The number of sulfonamides is 1. The predicted molar refractivity (Wildman–Crippen MR) is 86.5 cm³/mol. The molecule has 132 valence electrons. The van der Waals surface area contributed by atoms with Crippen LogP contribution in [0.25, 0.3) is 0 Å². The minimum atomic E-state index is -4.46. The summed E-state index contributed by atoms with van der Waals surface area (Å²) in [5.41, 5.74) is -0.666. The lowest BCUT2D eigenvalue weighted by Gasteiger charge is -2.08. The topological polar surface area (TPSA) is 55.4 Å². The molecule has 2 aromatic carbocycles. The van der Waals surface area contributed by atoms with Crippen molar-refractivity contribution in [3.8, 4) is 17.6 Å². The quantitative estimate of drug-likeness (QED) is 0.843. The molecule has 2 rings (SSSR count). The summed E-state index contributed by atoms with van der Waals surface area (Å²) in [6.07, 6.45) is -4.46. The Kier molecular flexibility index (Phi) is 5.72. The van der Waals surface area contributed by atoms with E-state index in [4.69, 9.17) is 4.74 Å². The van der Waals surface area contributed by atoms with Crippen LogP contribution in [0.5, 0.6) is 5.75 Å². The van der Waals surface area contributed by atoms with E-state index in [-0.39, 0.29) is 22.8 Å². The zero-order valence-corrected chi connectivity index (χ0v) is 13.9. The fourth-order valence-corrected chi connectivity index (χ4v) is 3.06. The number of nitrogens with one attached hydrogen (secondary N) is 1. The largest absolute Gasteiger partial charge is 0.495 e. The molecule has 0 amide bonds. The van der Waals surface area contributed by atoms with Gasteiger partial charge in [-0.25, -0.2) is 8.42 Å². The number of methoxy groups -OCH3 is 1. The standard InChI is InChI=1S/C17H14F3NO3S/c1-24-15-9-2-3-10-16(15)25(22,23)21-11-5-7-13-6-4-8-14(12-13)17(18,19)20/h2-4,6,8-10,12,21H,11H2,1H3. The summed E-state index contributed by atoms with van der Waals surface area (Å²) in [7, 11) is -2.50. The van der Waals surface area contributed by atoms with Gasteiger partial charge < -0.3 is 4.74 Å². The van der Waals surface area contributed by atoms with Crippen molar-refractivity contribution in [1.82, 2.24) is 4.72 Å². The molecule has 2 aromatic rings. The Morgan fingerprint density at radius 3 is 2.52 bits per heavy atom. The van der Waals surface area contributed by atoms with Crippen molar-refractivity contribution in [2.24, 2.45) is 0 Å². The zero-order valence-electron chi connectivity index (χ0n) is 13.1. The van der Waals surface area contributed by atoms with Crippen LogP contribution in [0.15, 0.2) is 53.4 Å². The molecule has 0 fully saturated rings. The van der Waals surface area contributed by atoms with Crippen molar-refractivity contribution >= 4 is 10.0 Å². The molecule has 0 radical (unpaired) electrons. The van der Waals surface area contributed by atoms with E-state index in [1.807, 2.05) is 0 Å². The summed E-state index contributed by atoms with van der Waals surface area (Å²) in [6, 6.07) is 10.6. The highest BCUT2D eigenvalue weighted by atomic mass is 32.2. The number of ether oxygens (including phenoxy) is 1.